The van der Waals surface area contributed by atoms with Gasteiger partial charge < -0.3 is 14.8 Å². The van der Waals surface area contributed by atoms with E-state index in [1.54, 1.807) is 0 Å². The Kier molecular flexibility index (Phi) is 4.71. The van der Waals surface area contributed by atoms with Gasteiger partial charge in [0.25, 0.3) is 0 Å². The predicted molar refractivity (Wildman–Crippen MR) is 105 cm³/mol. The molecule has 1 aliphatic heterocycles. The molecule has 5 heteroatoms. The van der Waals surface area contributed by atoms with Gasteiger partial charge in [0.2, 0.25) is 0 Å². The van der Waals surface area contributed by atoms with Gasteiger partial charge in [0.15, 0.2) is 0 Å². The van der Waals surface area contributed by atoms with E-state index in [0.29, 0.717) is 12.1 Å². The van der Waals surface area contributed by atoms with Crippen molar-refractivity contribution < 1.29 is 0 Å². The van der Waals surface area contributed by atoms with Crippen LogP contribution in [0.1, 0.15) is 30.8 Å². The maximum absolute atomic E-state index is 4.46. The molecule has 0 spiro atoms. The number of hydrogen-bond acceptors (Lipinski definition) is 4. The highest BCUT2D eigenvalue weighted by molar-refractivity contribution is 5.40. The molecule has 134 valence electrons. The van der Waals surface area contributed by atoms with Gasteiger partial charge in [-0.1, -0.05) is 18.2 Å². The third-order valence-corrected chi connectivity index (χ3v) is 5.14. The summed E-state index contributed by atoms with van der Waals surface area (Å²) in [6.45, 7) is 6.32. The first-order valence-electron chi connectivity index (χ1n) is 9.23. The average Bonchev–Trinajstić information content (AvgIpc) is 3.32. The van der Waals surface area contributed by atoms with Crippen molar-refractivity contribution in [2.75, 3.05) is 18.0 Å². The van der Waals surface area contributed by atoms with Gasteiger partial charge in [0.1, 0.15) is 11.6 Å². The molecule has 4 rings (SSSR count). The van der Waals surface area contributed by atoms with E-state index in [1.165, 1.54) is 5.56 Å². The zero-order valence-corrected chi connectivity index (χ0v) is 15.3. The number of nitrogens with one attached hydrogen (secondary N) is 1. The Morgan fingerprint density at radius 2 is 1.92 bits per heavy atom. The van der Waals surface area contributed by atoms with Gasteiger partial charge in [-0.2, -0.15) is 0 Å². The summed E-state index contributed by atoms with van der Waals surface area (Å²) in [7, 11) is 0. The first-order chi connectivity index (χ1) is 12.7. The molecule has 1 aromatic carbocycles. The number of imidazole rings is 1. The number of benzene rings is 1. The molecule has 0 aliphatic carbocycles. The van der Waals surface area contributed by atoms with E-state index in [2.05, 4.69) is 68.1 Å². The van der Waals surface area contributed by atoms with Crippen LogP contribution in [0, 0.1) is 6.92 Å². The average molecular weight is 347 g/mol. The number of nitrogens with zero attached hydrogens (tertiary/aromatic N) is 4. The molecule has 26 heavy (non-hydrogen) atoms. The Balaban J connectivity index is 1.38. The standard InChI is InChI=1S/C21H25N5/c1-16(18-6-8-20(9-7-18)26-14-12-22-17(26)2)24-19-10-13-25(15-19)21-5-3-4-11-23-21/h3-9,11-12,14,16,19,24H,10,13,15H2,1-2H3/t16-,19-/m0/s1. The first kappa shape index (κ1) is 16.8. The minimum Gasteiger partial charge on any atom is -0.355 e. The fourth-order valence-corrected chi connectivity index (χ4v) is 3.67. The van der Waals surface area contributed by atoms with Crippen molar-refractivity contribution in [1.82, 2.24) is 19.9 Å². The van der Waals surface area contributed by atoms with Crippen molar-refractivity contribution in [3.05, 3.63) is 72.4 Å². The number of pyridine rings is 1. The first-order valence-corrected chi connectivity index (χ1v) is 9.23. The molecule has 0 unspecified atom stereocenters. The van der Waals surface area contributed by atoms with Crippen molar-refractivity contribution in [3.63, 3.8) is 0 Å². The Morgan fingerprint density at radius 1 is 1.08 bits per heavy atom. The van der Waals surface area contributed by atoms with E-state index in [9.17, 15) is 0 Å². The normalized spacial score (nSPS) is 18.2. The van der Waals surface area contributed by atoms with Crippen molar-refractivity contribution in [2.24, 2.45) is 0 Å². The number of rotatable bonds is 5. The lowest BCUT2D eigenvalue weighted by molar-refractivity contribution is 0.481. The number of anilines is 1. The molecule has 1 fully saturated rings. The molecule has 1 N–H and O–H groups in total. The third kappa shape index (κ3) is 3.48. The number of hydrogen-bond donors (Lipinski definition) is 1. The highest BCUT2D eigenvalue weighted by Gasteiger charge is 2.24. The zero-order valence-electron chi connectivity index (χ0n) is 15.3. The largest absolute Gasteiger partial charge is 0.355 e. The maximum Gasteiger partial charge on any atom is 0.128 e. The molecule has 0 bridgehead atoms. The Hall–Kier alpha value is -2.66. The highest BCUT2D eigenvalue weighted by Crippen LogP contribution is 2.21. The van der Waals surface area contributed by atoms with Crippen molar-refractivity contribution in [2.45, 2.75) is 32.4 Å². The Morgan fingerprint density at radius 3 is 2.62 bits per heavy atom. The molecular formula is C21H25N5. The number of aromatic nitrogens is 3. The lowest BCUT2D eigenvalue weighted by atomic mass is 10.1. The van der Waals surface area contributed by atoms with Crippen LogP contribution in [-0.2, 0) is 0 Å². The van der Waals surface area contributed by atoms with Gasteiger partial charge in [-0.05, 0) is 50.1 Å². The van der Waals surface area contributed by atoms with Crippen LogP contribution in [0.5, 0.6) is 0 Å². The molecule has 0 saturated carbocycles. The molecule has 3 heterocycles. The molecule has 1 aliphatic rings. The Bertz CT molecular complexity index is 840. The molecule has 2 atom stereocenters. The zero-order chi connectivity index (χ0) is 17.9. The molecule has 1 saturated heterocycles. The van der Waals surface area contributed by atoms with Gasteiger partial charge in [0, 0.05) is 49.5 Å². The van der Waals surface area contributed by atoms with Crippen molar-refractivity contribution >= 4 is 5.82 Å². The minimum absolute atomic E-state index is 0.321. The van der Waals surface area contributed by atoms with E-state index in [4.69, 9.17) is 0 Å². The van der Waals surface area contributed by atoms with Crippen LogP contribution in [0.25, 0.3) is 5.69 Å². The van der Waals surface area contributed by atoms with Crippen LogP contribution in [-0.4, -0.2) is 33.7 Å². The van der Waals surface area contributed by atoms with Crippen LogP contribution in [0.4, 0.5) is 5.82 Å². The molecule has 0 radical (unpaired) electrons. The molecule has 2 aromatic heterocycles. The van der Waals surface area contributed by atoms with Gasteiger partial charge in [-0.25, -0.2) is 9.97 Å². The fourth-order valence-electron chi connectivity index (χ4n) is 3.67. The summed E-state index contributed by atoms with van der Waals surface area (Å²) in [5, 5.41) is 3.77. The summed E-state index contributed by atoms with van der Waals surface area (Å²) in [5.74, 6) is 2.08. The van der Waals surface area contributed by atoms with E-state index < -0.39 is 0 Å². The molecule has 0 amide bonds. The summed E-state index contributed by atoms with van der Waals surface area (Å²) >= 11 is 0. The predicted octanol–water partition coefficient (Wildman–Crippen LogP) is 3.51. The van der Waals surface area contributed by atoms with Gasteiger partial charge in [-0.3, -0.25) is 0 Å². The summed E-state index contributed by atoms with van der Waals surface area (Å²) in [5.41, 5.74) is 2.46. The van der Waals surface area contributed by atoms with Crippen molar-refractivity contribution in [1.29, 1.82) is 0 Å². The molecule has 3 aromatic rings. The lowest BCUT2D eigenvalue weighted by Gasteiger charge is -2.21. The topological polar surface area (TPSA) is 46.0 Å². The van der Waals surface area contributed by atoms with Crippen LogP contribution in [0.15, 0.2) is 61.1 Å². The smallest absolute Gasteiger partial charge is 0.128 e. The second-order valence-corrected chi connectivity index (χ2v) is 6.94. The fraction of sp³-hybridized carbons (Fsp3) is 0.333. The Labute approximate surface area is 154 Å². The summed E-state index contributed by atoms with van der Waals surface area (Å²) in [6.07, 6.45) is 6.84. The summed E-state index contributed by atoms with van der Waals surface area (Å²) < 4.78 is 2.10. The van der Waals surface area contributed by atoms with Crippen LogP contribution in [0.3, 0.4) is 0 Å². The van der Waals surface area contributed by atoms with E-state index in [1.807, 2.05) is 31.6 Å². The van der Waals surface area contributed by atoms with Crippen LogP contribution >= 0.6 is 0 Å². The van der Waals surface area contributed by atoms with Gasteiger partial charge in [-0.15, -0.1) is 0 Å². The SMILES string of the molecule is Cc1nccn1-c1ccc([C@H](C)N[C@H]2CCN(c3ccccn3)C2)cc1. The van der Waals surface area contributed by atoms with Gasteiger partial charge >= 0.3 is 0 Å². The minimum atomic E-state index is 0.321. The molecular weight excluding hydrogens is 322 g/mol. The number of aryl methyl sites for hydroxylation is 1. The second-order valence-electron chi connectivity index (χ2n) is 6.94. The monoisotopic (exact) mass is 347 g/mol. The van der Waals surface area contributed by atoms with Crippen molar-refractivity contribution in [3.8, 4) is 5.69 Å². The lowest BCUT2D eigenvalue weighted by Crippen LogP contribution is -2.34. The van der Waals surface area contributed by atoms with E-state index >= 15 is 0 Å². The van der Waals surface area contributed by atoms with Gasteiger partial charge in [0.05, 0.1) is 0 Å². The van der Waals surface area contributed by atoms with Crippen LogP contribution < -0.4 is 10.2 Å². The summed E-state index contributed by atoms with van der Waals surface area (Å²) in [4.78, 5) is 11.1. The van der Waals surface area contributed by atoms with E-state index in [-0.39, 0.29) is 0 Å². The second kappa shape index (κ2) is 7.30. The van der Waals surface area contributed by atoms with E-state index in [0.717, 1.165) is 36.8 Å². The molecule has 5 nitrogen and oxygen atoms in total. The van der Waals surface area contributed by atoms with Crippen LogP contribution in [0.2, 0.25) is 0 Å². The third-order valence-electron chi connectivity index (χ3n) is 5.14. The summed E-state index contributed by atoms with van der Waals surface area (Å²) in [6, 6.07) is 15.7. The maximum atomic E-state index is 4.46. The highest BCUT2D eigenvalue weighted by atomic mass is 15.2. The quantitative estimate of drug-likeness (QED) is 0.767.